The highest BCUT2D eigenvalue weighted by molar-refractivity contribution is 6.01. The topological polar surface area (TPSA) is 76.9 Å². The molecule has 2 saturated carbocycles. The molecule has 2 fully saturated rings. The average molecular weight is 410 g/mol. The number of ether oxygens (including phenoxy) is 2. The second kappa shape index (κ2) is 7.34. The van der Waals surface area contributed by atoms with Crippen LogP contribution >= 0.6 is 0 Å². The van der Waals surface area contributed by atoms with Crippen molar-refractivity contribution in [2.75, 3.05) is 30.1 Å². The molecule has 1 aromatic heterocycles. The van der Waals surface area contributed by atoms with E-state index in [4.69, 9.17) is 9.47 Å². The van der Waals surface area contributed by atoms with Crippen molar-refractivity contribution in [2.24, 2.45) is 5.92 Å². The van der Waals surface area contributed by atoms with Gasteiger partial charge in [-0.3, -0.25) is 14.5 Å². The third-order valence-electron chi connectivity index (χ3n) is 6.00. The number of anilines is 2. The Kier molecular flexibility index (Phi) is 4.64. The van der Waals surface area contributed by atoms with Crippen LogP contribution in [0.4, 0.5) is 21.0 Å². The molecule has 2 amide bonds. The minimum atomic E-state index is -0.441. The zero-order valence-electron chi connectivity index (χ0n) is 17.3. The molecule has 0 radical (unpaired) electrons. The third-order valence-corrected chi connectivity index (χ3v) is 6.00. The maximum Gasteiger partial charge on any atom is 0.414 e. The first kappa shape index (κ1) is 19.0. The van der Waals surface area contributed by atoms with E-state index in [2.05, 4.69) is 5.10 Å². The number of methoxy groups -OCH3 is 1. The molecule has 2 aliphatic carbocycles. The second-order valence-corrected chi connectivity index (χ2v) is 8.46. The van der Waals surface area contributed by atoms with Gasteiger partial charge < -0.3 is 9.47 Å². The smallest absolute Gasteiger partial charge is 0.414 e. The summed E-state index contributed by atoms with van der Waals surface area (Å²) in [4.78, 5) is 28.6. The zero-order valence-corrected chi connectivity index (χ0v) is 17.3. The minimum absolute atomic E-state index is 0.234. The van der Waals surface area contributed by atoms with Crippen molar-refractivity contribution in [1.82, 2.24) is 9.78 Å². The van der Waals surface area contributed by atoms with Crippen LogP contribution in [0.3, 0.4) is 0 Å². The van der Waals surface area contributed by atoms with E-state index in [9.17, 15) is 9.59 Å². The average Bonchev–Trinajstić information content (AvgIpc) is 3.70. The molecular formula is C22H26N4O4. The molecular weight excluding hydrogens is 384 g/mol. The molecule has 5 rings (SSSR count). The van der Waals surface area contributed by atoms with Crippen LogP contribution in [0.15, 0.2) is 30.6 Å². The van der Waals surface area contributed by atoms with Crippen molar-refractivity contribution in [1.29, 1.82) is 0 Å². The highest BCUT2D eigenvalue weighted by Crippen LogP contribution is 2.40. The molecule has 0 unspecified atom stereocenters. The highest BCUT2D eigenvalue weighted by atomic mass is 16.6. The minimum Gasteiger partial charge on any atom is -0.452 e. The van der Waals surface area contributed by atoms with Crippen LogP contribution in [0.1, 0.15) is 38.6 Å². The predicted octanol–water partition coefficient (Wildman–Crippen LogP) is 4.21. The summed E-state index contributed by atoms with van der Waals surface area (Å²) in [6.45, 7) is 2.69. The lowest BCUT2D eigenvalue weighted by Crippen LogP contribution is -2.52. The fourth-order valence-corrected chi connectivity index (χ4v) is 3.93. The van der Waals surface area contributed by atoms with Crippen LogP contribution in [0, 0.1) is 5.92 Å². The van der Waals surface area contributed by atoms with E-state index >= 15 is 0 Å². The molecule has 2 aromatic rings. The van der Waals surface area contributed by atoms with E-state index in [1.165, 1.54) is 7.11 Å². The number of fused-ring (bicyclic) bond motifs is 1. The van der Waals surface area contributed by atoms with E-state index < -0.39 is 6.09 Å². The summed E-state index contributed by atoms with van der Waals surface area (Å²) in [5.41, 5.74) is 3.22. The second-order valence-electron chi connectivity index (χ2n) is 8.46. The van der Waals surface area contributed by atoms with Gasteiger partial charge in [0.25, 0.3) is 0 Å². The first-order valence-corrected chi connectivity index (χ1v) is 10.5. The Bertz CT molecular complexity index is 979. The number of carbonyl (C=O) groups excluding carboxylic acids is 2. The van der Waals surface area contributed by atoms with Gasteiger partial charge in [0.2, 0.25) is 0 Å². The van der Waals surface area contributed by atoms with E-state index in [1.54, 1.807) is 9.80 Å². The number of hydrogen-bond acceptors (Lipinski definition) is 5. The molecule has 1 atom stereocenters. The monoisotopic (exact) mass is 410 g/mol. The molecule has 8 heteroatoms. The number of hydrogen-bond donors (Lipinski definition) is 0. The maximum absolute atomic E-state index is 12.9. The van der Waals surface area contributed by atoms with Gasteiger partial charge in [-0.15, -0.1) is 0 Å². The van der Waals surface area contributed by atoms with Gasteiger partial charge in [0.05, 0.1) is 49.9 Å². The molecule has 0 bridgehead atoms. The van der Waals surface area contributed by atoms with Gasteiger partial charge in [-0.05, 0) is 56.2 Å². The Labute approximate surface area is 175 Å². The number of amides is 2. The molecule has 1 aromatic carbocycles. The summed E-state index contributed by atoms with van der Waals surface area (Å²) >= 11 is 0. The molecule has 30 heavy (non-hydrogen) atoms. The standard InChI is InChI=1S/C22H26N4O4/c1-14-11-24(21(27)30-13-15-3-4-15)20-9-16(5-8-19(20)26(14)22(28)29-2)17-10-23-25(12-17)18-6-7-18/h5,8-10,12,14-15,18H,3-4,6-7,11,13H2,1-2H3/t14-/m0/s1. The maximum atomic E-state index is 12.9. The Morgan fingerprint density at radius 3 is 2.60 bits per heavy atom. The van der Waals surface area contributed by atoms with Gasteiger partial charge in [0, 0.05) is 11.8 Å². The summed E-state index contributed by atoms with van der Waals surface area (Å²) in [6, 6.07) is 6.02. The fourth-order valence-electron chi connectivity index (χ4n) is 3.93. The van der Waals surface area contributed by atoms with Crippen LogP contribution in [0.2, 0.25) is 0 Å². The predicted molar refractivity (Wildman–Crippen MR) is 112 cm³/mol. The summed E-state index contributed by atoms with van der Waals surface area (Å²) in [5, 5.41) is 4.47. The SMILES string of the molecule is COC(=O)N1c2ccc(-c3cnn(C4CC4)c3)cc2N(C(=O)OCC2CC2)C[C@@H]1C. The lowest BCUT2D eigenvalue weighted by Gasteiger charge is -2.39. The lowest BCUT2D eigenvalue weighted by molar-refractivity contribution is 0.147. The number of benzene rings is 1. The van der Waals surface area contributed by atoms with Crippen LogP contribution in [-0.4, -0.2) is 48.3 Å². The third kappa shape index (κ3) is 3.51. The first-order valence-electron chi connectivity index (χ1n) is 10.5. The van der Waals surface area contributed by atoms with Crippen molar-refractivity contribution in [3.63, 3.8) is 0 Å². The Morgan fingerprint density at radius 1 is 1.10 bits per heavy atom. The van der Waals surface area contributed by atoms with Gasteiger partial charge in [-0.2, -0.15) is 5.10 Å². The number of aromatic nitrogens is 2. The van der Waals surface area contributed by atoms with Crippen LogP contribution in [-0.2, 0) is 9.47 Å². The van der Waals surface area contributed by atoms with Crippen LogP contribution < -0.4 is 9.80 Å². The van der Waals surface area contributed by atoms with E-state index in [0.717, 1.165) is 36.8 Å². The van der Waals surface area contributed by atoms with E-state index in [1.807, 2.05) is 42.2 Å². The van der Waals surface area contributed by atoms with Gasteiger partial charge in [0.15, 0.2) is 0 Å². The normalized spacial score (nSPS) is 20.7. The molecule has 0 saturated heterocycles. The molecule has 0 spiro atoms. The Balaban J connectivity index is 1.50. The van der Waals surface area contributed by atoms with Crippen molar-refractivity contribution in [2.45, 2.75) is 44.7 Å². The zero-order chi connectivity index (χ0) is 20.8. The van der Waals surface area contributed by atoms with Gasteiger partial charge in [-0.1, -0.05) is 6.07 Å². The molecule has 3 aliphatic rings. The Hall–Kier alpha value is -3.03. The molecule has 158 valence electrons. The summed E-state index contributed by atoms with van der Waals surface area (Å²) < 4.78 is 12.5. The van der Waals surface area contributed by atoms with Crippen molar-refractivity contribution in [3.8, 4) is 11.1 Å². The summed E-state index contributed by atoms with van der Waals surface area (Å²) in [7, 11) is 1.37. The van der Waals surface area contributed by atoms with Gasteiger partial charge in [-0.25, -0.2) is 9.59 Å². The Morgan fingerprint density at radius 2 is 1.90 bits per heavy atom. The molecule has 0 N–H and O–H groups in total. The van der Waals surface area contributed by atoms with Crippen molar-refractivity contribution < 1.29 is 19.1 Å². The fraction of sp³-hybridized carbons (Fsp3) is 0.500. The molecule has 8 nitrogen and oxygen atoms in total. The van der Waals surface area contributed by atoms with Gasteiger partial charge >= 0.3 is 12.2 Å². The summed E-state index contributed by atoms with van der Waals surface area (Å²) in [5.74, 6) is 0.488. The van der Waals surface area contributed by atoms with Crippen LogP contribution in [0.5, 0.6) is 0 Å². The van der Waals surface area contributed by atoms with E-state index in [-0.39, 0.29) is 12.1 Å². The largest absolute Gasteiger partial charge is 0.452 e. The van der Waals surface area contributed by atoms with Gasteiger partial charge in [0.1, 0.15) is 0 Å². The van der Waals surface area contributed by atoms with Crippen molar-refractivity contribution >= 4 is 23.6 Å². The molecule has 2 heterocycles. The number of rotatable bonds is 4. The van der Waals surface area contributed by atoms with E-state index in [0.29, 0.717) is 36.5 Å². The highest BCUT2D eigenvalue weighted by Gasteiger charge is 2.37. The molecule has 1 aliphatic heterocycles. The number of nitrogens with zero attached hydrogens (tertiary/aromatic N) is 4. The number of carbonyl (C=O) groups is 2. The quantitative estimate of drug-likeness (QED) is 0.755. The summed E-state index contributed by atoms with van der Waals surface area (Å²) in [6.07, 6.45) is 7.64. The lowest BCUT2D eigenvalue weighted by atomic mass is 10.0. The van der Waals surface area contributed by atoms with Crippen LogP contribution in [0.25, 0.3) is 11.1 Å². The van der Waals surface area contributed by atoms with Crippen molar-refractivity contribution in [3.05, 3.63) is 30.6 Å². The first-order chi connectivity index (χ1) is 14.5.